The van der Waals surface area contributed by atoms with Crippen LogP contribution < -0.4 is 5.73 Å². The molecule has 2 N–H and O–H groups in total. The van der Waals surface area contributed by atoms with Crippen molar-refractivity contribution in [1.82, 2.24) is 0 Å². The predicted molar refractivity (Wildman–Crippen MR) is 67.4 cm³/mol. The minimum atomic E-state index is -0.00354. The van der Waals surface area contributed by atoms with E-state index < -0.39 is 0 Å². The number of hydrogen-bond acceptors (Lipinski definition) is 3. The summed E-state index contributed by atoms with van der Waals surface area (Å²) in [5, 5.41) is 0. The Labute approximate surface area is 104 Å². The highest BCUT2D eigenvalue weighted by molar-refractivity contribution is 5.72. The third-order valence-corrected chi connectivity index (χ3v) is 4.31. The highest BCUT2D eigenvalue weighted by atomic mass is 16.5. The van der Waals surface area contributed by atoms with Crippen LogP contribution in [0.15, 0.2) is 0 Å². The molecule has 0 radical (unpaired) electrons. The van der Waals surface area contributed by atoms with E-state index in [0.717, 1.165) is 25.2 Å². The van der Waals surface area contributed by atoms with Crippen LogP contribution in [-0.2, 0) is 9.53 Å². The lowest BCUT2D eigenvalue weighted by molar-refractivity contribution is -0.150. The molecule has 98 valence electrons. The topological polar surface area (TPSA) is 52.3 Å². The van der Waals surface area contributed by atoms with Gasteiger partial charge in [0.05, 0.1) is 12.5 Å². The molecule has 4 atom stereocenters. The van der Waals surface area contributed by atoms with Gasteiger partial charge in [0, 0.05) is 6.04 Å². The molecule has 0 aromatic rings. The van der Waals surface area contributed by atoms with Crippen molar-refractivity contribution in [2.75, 3.05) is 6.61 Å². The van der Waals surface area contributed by atoms with Gasteiger partial charge in [-0.3, -0.25) is 4.79 Å². The molecule has 0 aromatic carbocycles. The number of nitrogens with two attached hydrogens (primary N) is 1. The zero-order valence-electron chi connectivity index (χ0n) is 10.9. The van der Waals surface area contributed by atoms with Gasteiger partial charge in [-0.25, -0.2) is 0 Å². The Morgan fingerprint density at radius 1 is 1.24 bits per heavy atom. The molecule has 0 saturated heterocycles. The molecule has 2 rings (SSSR count). The first-order valence-electron chi connectivity index (χ1n) is 7.07. The average Bonchev–Trinajstić information content (AvgIpc) is 2.73. The van der Waals surface area contributed by atoms with Crippen LogP contribution in [0.2, 0.25) is 0 Å². The number of hydrogen-bond donors (Lipinski definition) is 1. The first-order chi connectivity index (χ1) is 8.15. The van der Waals surface area contributed by atoms with Gasteiger partial charge in [0.15, 0.2) is 0 Å². The van der Waals surface area contributed by atoms with Gasteiger partial charge < -0.3 is 10.5 Å². The van der Waals surface area contributed by atoms with E-state index in [4.69, 9.17) is 10.5 Å². The van der Waals surface area contributed by atoms with Crippen molar-refractivity contribution in [2.24, 2.45) is 23.5 Å². The van der Waals surface area contributed by atoms with E-state index in [1.54, 1.807) is 0 Å². The number of rotatable bonds is 3. The summed E-state index contributed by atoms with van der Waals surface area (Å²) in [7, 11) is 0. The van der Waals surface area contributed by atoms with Gasteiger partial charge in [-0.05, 0) is 43.9 Å². The molecule has 2 fully saturated rings. The van der Waals surface area contributed by atoms with Crippen molar-refractivity contribution < 1.29 is 9.53 Å². The average molecular weight is 239 g/mol. The smallest absolute Gasteiger partial charge is 0.308 e. The van der Waals surface area contributed by atoms with E-state index in [-0.39, 0.29) is 17.9 Å². The zero-order chi connectivity index (χ0) is 12.3. The van der Waals surface area contributed by atoms with Crippen LogP contribution in [-0.4, -0.2) is 18.6 Å². The number of esters is 1. The molecular weight excluding hydrogens is 214 g/mol. The number of carbonyl (C=O) groups is 1. The lowest BCUT2D eigenvalue weighted by Gasteiger charge is -2.26. The van der Waals surface area contributed by atoms with Gasteiger partial charge in [0.25, 0.3) is 0 Å². The van der Waals surface area contributed by atoms with Gasteiger partial charge in [-0.15, -0.1) is 0 Å². The molecule has 0 spiro atoms. The summed E-state index contributed by atoms with van der Waals surface area (Å²) in [6.45, 7) is 2.93. The van der Waals surface area contributed by atoms with Crippen molar-refractivity contribution in [2.45, 2.75) is 57.9 Å². The van der Waals surface area contributed by atoms with E-state index >= 15 is 0 Å². The molecule has 17 heavy (non-hydrogen) atoms. The summed E-state index contributed by atoms with van der Waals surface area (Å²) in [6, 6.07) is 0.210. The molecule has 0 heterocycles. The molecule has 3 heteroatoms. The summed E-state index contributed by atoms with van der Waals surface area (Å²) in [5.74, 6) is 1.47. The van der Waals surface area contributed by atoms with Crippen LogP contribution in [0.5, 0.6) is 0 Å². The number of carbonyl (C=O) groups excluding carboxylic acids is 1. The maximum absolute atomic E-state index is 11.8. The van der Waals surface area contributed by atoms with E-state index in [0.29, 0.717) is 12.5 Å². The van der Waals surface area contributed by atoms with Crippen molar-refractivity contribution >= 4 is 5.97 Å². The Morgan fingerprint density at radius 2 is 2.06 bits per heavy atom. The Hall–Kier alpha value is -0.570. The largest absolute Gasteiger partial charge is 0.465 e. The zero-order valence-corrected chi connectivity index (χ0v) is 10.9. The highest BCUT2D eigenvalue weighted by Crippen LogP contribution is 2.30. The molecule has 2 aliphatic rings. The van der Waals surface area contributed by atoms with E-state index in [1.165, 1.54) is 25.7 Å². The van der Waals surface area contributed by atoms with Crippen LogP contribution in [0.3, 0.4) is 0 Å². The van der Waals surface area contributed by atoms with Crippen molar-refractivity contribution in [3.05, 3.63) is 0 Å². The fraction of sp³-hybridized carbons (Fsp3) is 0.929. The Bertz CT molecular complexity index is 267. The van der Waals surface area contributed by atoms with Crippen molar-refractivity contribution in [3.8, 4) is 0 Å². The Balaban J connectivity index is 1.69. The van der Waals surface area contributed by atoms with Gasteiger partial charge in [-0.2, -0.15) is 0 Å². The molecule has 2 aliphatic carbocycles. The Morgan fingerprint density at radius 3 is 2.71 bits per heavy atom. The van der Waals surface area contributed by atoms with Gasteiger partial charge >= 0.3 is 5.97 Å². The predicted octanol–water partition coefficient (Wildman–Crippen LogP) is 2.48. The van der Waals surface area contributed by atoms with Crippen LogP contribution in [0.25, 0.3) is 0 Å². The molecule has 4 unspecified atom stereocenters. The lowest BCUT2D eigenvalue weighted by Crippen LogP contribution is -2.24. The standard InChI is InChI=1S/C14H25NO2/c1-10-3-2-4-11(7-10)9-17-14(16)12-5-6-13(15)8-12/h10-13H,2-9,15H2,1H3. The summed E-state index contributed by atoms with van der Waals surface area (Å²) in [4.78, 5) is 11.8. The molecule has 2 saturated carbocycles. The summed E-state index contributed by atoms with van der Waals surface area (Å²) in [6.07, 6.45) is 7.78. The van der Waals surface area contributed by atoms with Crippen LogP contribution in [0.4, 0.5) is 0 Å². The quantitative estimate of drug-likeness (QED) is 0.770. The van der Waals surface area contributed by atoms with Gasteiger partial charge in [0.2, 0.25) is 0 Å². The van der Waals surface area contributed by atoms with E-state index in [9.17, 15) is 4.79 Å². The van der Waals surface area contributed by atoms with E-state index in [1.807, 2.05) is 0 Å². The molecule has 0 aromatic heterocycles. The van der Waals surface area contributed by atoms with Crippen LogP contribution in [0, 0.1) is 17.8 Å². The first-order valence-corrected chi connectivity index (χ1v) is 7.07. The third kappa shape index (κ3) is 3.70. The minimum absolute atomic E-state index is 0.00354. The fourth-order valence-electron chi connectivity index (χ4n) is 3.26. The second-order valence-electron chi connectivity index (χ2n) is 6.04. The third-order valence-electron chi connectivity index (χ3n) is 4.31. The monoisotopic (exact) mass is 239 g/mol. The second kappa shape index (κ2) is 5.85. The number of ether oxygens (including phenoxy) is 1. The SMILES string of the molecule is CC1CCCC(COC(=O)C2CCC(N)C2)C1. The van der Waals surface area contributed by atoms with Gasteiger partial charge in [-0.1, -0.05) is 19.8 Å². The summed E-state index contributed by atoms with van der Waals surface area (Å²) >= 11 is 0. The normalized spacial score (nSPS) is 38.0. The second-order valence-corrected chi connectivity index (χ2v) is 6.04. The lowest BCUT2D eigenvalue weighted by atomic mass is 9.83. The van der Waals surface area contributed by atoms with Gasteiger partial charge in [0.1, 0.15) is 0 Å². The van der Waals surface area contributed by atoms with Crippen molar-refractivity contribution in [1.29, 1.82) is 0 Å². The highest BCUT2D eigenvalue weighted by Gasteiger charge is 2.29. The van der Waals surface area contributed by atoms with E-state index in [2.05, 4.69) is 6.92 Å². The molecular formula is C14H25NO2. The fourth-order valence-corrected chi connectivity index (χ4v) is 3.26. The maximum Gasteiger partial charge on any atom is 0.308 e. The molecule has 3 nitrogen and oxygen atoms in total. The van der Waals surface area contributed by atoms with Crippen LogP contribution >= 0.6 is 0 Å². The summed E-state index contributed by atoms with van der Waals surface area (Å²) in [5.41, 5.74) is 5.81. The van der Waals surface area contributed by atoms with Crippen LogP contribution in [0.1, 0.15) is 51.9 Å². The molecule has 0 bridgehead atoms. The van der Waals surface area contributed by atoms with Crippen molar-refractivity contribution in [3.63, 3.8) is 0 Å². The molecule has 0 amide bonds. The maximum atomic E-state index is 11.8. The Kier molecular flexibility index (Phi) is 4.43. The molecule has 0 aliphatic heterocycles. The first kappa shape index (κ1) is 12.9. The minimum Gasteiger partial charge on any atom is -0.465 e. The summed E-state index contributed by atoms with van der Waals surface area (Å²) < 4.78 is 5.47.